The lowest BCUT2D eigenvalue weighted by Crippen LogP contribution is -2.45. The Morgan fingerprint density at radius 1 is 1.02 bits per heavy atom. The summed E-state index contributed by atoms with van der Waals surface area (Å²) < 4.78 is 69.3. The van der Waals surface area contributed by atoms with Gasteiger partial charge in [-0.1, -0.05) is 41.5 Å². The summed E-state index contributed by atoms with van der Waals surface area (Å²) >= 11 is 14.0. The molecule has 2 fully saturated rings. The van der Waals surface area contributed by atoms with Crippen molar-refractivity contribution in [3.63, 3.8) is 0 Å². The average molecular weight is 753 g/mol. The first-order chi connectivity index (χ1) is 23.3. The van der Waals surface area contributed by atoms with Crippen molar-refractivity contribution < 1.29 is 31.5 Å². The third kappa shape index (κ3) is 8.15. The van der Waals surface area contributed by atoms with E-state index in [9.17, 15) is 31.5 Å². The largest absolute Gasteiger partial charge is 0.416 e. The highest BCUT2D eigenvalue weighted by atomic mass is 35.5. The molecule has 4 aromatic rings. The van der Waals surface area contributed by atoms with Crippen molar-refractivity contribution in [2.75, 3.05) is 26.2 Å². The van der Waals surface area contributed by atoms with Gasteiger partial charge in [-0.2, -0.15) is 22.6 Å². The molecular formula is C33H30Cl2F3N5O4S2. The van der Waals surface area contributed by atoms with E-state index in [1.165, 1.54) is 38.5 Å². The van der Waals surface area contributed by atoms with Gasteiger partial charge in [0.1, 0.15) is 0 Å². The first kappa shape index (κ1) is 35.4. The maximum Gasteiger partial charge on any atom is 0.416 e. The van der Waals surface area contributed by atoms with Gasteiger partial charge in [0, 0.05) is 42.3 Å². The predicted octanol–water partition coefficient (Wildman–Crippen LogP) is 6.35. The molecule has 2 aliphatic heterocycles. The molecule has 0 saturated carbocycles. The van der Waals surface area contributed by atoms with Gasteiger partial charge in [-0.15, -0.1) is 11.3 Å². The molecule has 1 unspecified atom stereocenters. The molecule has 2 saturated heterocycles. The molecule has 1 atom stereocenters. The highest BCUT2D eigenvalue weighted by Gasteiger charge is 2.36. The number of hydrazine groups is 1. The zero-order valence-corrected chi connectivity index (χ0v) is 28.9. The number of nitrogens with zero attached hydrogens (tertiary/aromatic N) is 4. The van der Waals surface area contributed by atoms with E-state index in [4.69, 9.17) is 23.2 Å². The Morgan fingerprint density at radius 2 is 1.76 bits per heavy atom. The molecule has 0 bridgehead atoms. The summed E-state index contributed by atoms with van der Waals surface area (Å²) in [7, 11) is -4.04. The minimum atomic E-state index is -4.46. The first-order valence-electron chi connectivity index (χ1n) is 15.4. The maximum atomic E-state index is 13.9. The van der Waals surface area contributed by atoms with E-state index >= 15 is 0 Å². The second-order valence-corrected chi connectivity index (χ2v) is 15.6. The molecule has 2 aromatic heterocycles. The molecule has 49 heavy (non-hydrogen) atoms. The number of rotatable bonds is 7. The maximum absolute atomic E-state index is 13.9. The monoisotopic (exact) mass is 751 g/mol. The number of thiophene rings is 1. The number of aliphatic hydroxyl groups is 1. The third-order valence-corrected chi connectivity index (χ3v) is 11.5. The zero-order valence-electron chi connectivity index (χ0n) is 25.8. The van der Waals surface area contributed by atoms with Crippen LogP contribution in [0.3, 0.4) is 0 Å². The van der Waals surface area contributed by atoms with Crippen LogP contribution >= 0.6 is 34.5 Å². The molecule has 2 aromatic carbocycles. The number of hydrogen-bond acceptors (Lipinski definition) is 7. The molecule has 1 amide bonds. The van der Waals surface area contributed by atoms with E-state index in [0.29, 0.717) is 51.2 Å². The summed E-state index contributed by atoms with van der Waals surface area (Å²) in [6.45, 7) is 1.34. The zero-order chi connectivity index (χ0) is 34.9. The molecule has 6 rings (SSSR count). The molecule has 0 aliphatic carbocycles. The number of carbonyl (C=O) groups excluding carboxylic acids is 1. The third-order valence-electron chi connectivity index (χ3n) is 8.18. The number of hydrogen-bond donors (Lipinski definition) is 2. The van der Waals surface area contributed by atoms with Crippen LogP contribution in [0.15, 0.2) is 54.6 Å². The molecule has 2 N–H and O–H groups in total. The number of aromatic nitrogens is 2. The van der Waals surface area contributed by atoms with E-state index in [1.54, 1.807) is 29.3 Å². The fourth-order valence-corrected chi connectivity index (χ4v) is 8.71. The highest BCUT2D eigenvalue weighted by Crippen LogP contribution is 2.38. The average Bonchev–Trinajstić information content (AvgIpc) is 3.79. The molecular weight excluding hydrogens is 722 g/mol. The normalized spacial score (nSPS) is 17.6. The van der Waals surface area contributed by atoms with Gasteiger partial charge in [0.2, 0.25) is 10.0 Å². The minimum Gasteiger partial charge on any atom is -0.392 e. The van der Waals surface area contributed by atoms with Gasteiger partial charge < -0.3 is 5.11 Å². The van der Waals surface area contributed by atoms with E-state index in [0.717, 1.165) is 31.4 Å². The summed E-state index contributed by atoms with van der Waals surface area (Å²) in [5.74, 6) is 4.65. The number of aliphatic hydroxyl groups excluding tert-OH is 1. The number of halogens is 5. The van der Waals surface area contributed by atoms with Gasteiger partial charge in [0.05, 0.1) is 43.6 Å². The number of carbonyl (C=O) groups is 1. The second-order valence-electron chi connectivity index (χ2n) is 11.7. The van der Waals surface area contributed by atoms with Gasteiger partial charge >= 0.3 is 6.18 Å². The highest BCUT2D eigenvalue weighted by molar-refractivity contribution is 7.88. The Morgan fingerprint density at radius 3 is 2.41 bits per heavy atom. The molecule has 9 nitrogen and oxygen atoms in total. The molecule has 2 aliphatic rings. The van der Waals surface area contributed by atoms with Crippen molar-refractivity contribution in [2.24, 2.45) is 0 Å². The number of piperidine rings is 1. The topological polar surface area (TPSA) is 108 Å². The molecule has 4 heterocycles. The summed E-state index contributed by atoms with van der Waals surface area (Å²) in [6.07, 6.45) is -2.15. The number of sulfonamides is 1. The summed E-state index contributed by atoms with van der Waals surface area (Å²) in [5, 5.41) is 17.1. The van der Waals surface area contributed by atoms with Crippen molar-refractivity contribution in [3.8, 4) is 28.1 Å². The van der Waals surface area contributed by atoms with Crippen LogP contribution in [0.25, 0.3) is 16.3 Å². The van der Waals surface area contributed by atoms with Crippen LogP contribution in [0, 0.1) is 11.8 Å². The fourth-order valence-electron chi connectivity index (χ4n) is 5.70. The Labute approximate surface area is 295 Å². The van der Waals surface area contributed by atoms with Gasteiger partial charge in [-0.25, -0.2) is 18.1 Å². The molecule has 16 heteroatoms. The Bertz CT molecular complexity index is 2030. The van der Waals surface area contributed by atoms with E-state index in [1.807, 2.05) is 0 Å². The number of amides is 1. The van der Waals surface area contributed by atoms with Crippen LogP contribution in [0.4, 0.5) is 13.2 Å². The van der Waals surface area contributed by atoms with Crippen molar-refractivity contribution in [1.29, 1.82) is 0 Å². The van der Waals surface area contributed by atoms with Gasteiger partial charge in [-0.3, -0.25) is 10.2 Å². The van der Waals surface area contributed by atoms with E-state index < -0.39 is 39.5 Å². The van der Waals surface area contributed by atoms with E-state index in [2.05, 4.69) is 22.4 Å². The lowest BCUT2D eigenvalue weighted by atomic mass is 10.1. The predicted molar refractivity (Wildman–Crippen MR) is 182 cm³/mol. The van der Waals surface area contributed by atoms with Crippen LogP contribution in [-0.2, 0) is 22.0 Å². The number of alkyl halides is 3. The van der Waals surface area contributed by atoms with Crippen molar-refractivity contribution >= 4 is 50.5 Å². The van der Waals surface area contributed by atoms with Gasteiger partial charge in [0.15, 0.2) is 5.69 Å². The Kier molecular flexibility index (Phi) is 10.4. The number of β-amino-alcohol motifs (C(OH)–C–C–N with tert-alkyl or cyclic N) is 1. The number of nitrogens with one attached hydrogen (secondary N) is 1. The van der Waals surface area contributed by atoms with E-state index in [-0.39, 0.29) is 29.4 Å². The number of benzene rings is 2. The SMILES string of the molecule is O=C(NN1CCCCC1)c1nn(-c2ccc(Cl)cc2Cl)c(-c2ccc(C#Cc3ccc(C(F)(F)F)cc3)s2)c1CS(=O)(=O)N1CCC(O)C1. The first-order valence-corrected chi connectivity index (χ1v) is 18.6. The van der Waals surface area contributed by atoms with Gasteiger partial charge in [0.25, 0.3) is 5.91 Å². The molecule has 0 spiro atoms. The van der Waals surface area contributed by atoms with Crippen LogP contribution in [0.1, 0.15) is 57.7 Å². The fraction of sp³-hybridized carbons (Fsp3) is 0.333. The lowest BCUT2D eigenvalue weighted by molar-refractivity contribution is -0.137. The minimum absolute atomic E-state index is 0.0627. The standard InChI is InChI=1S/C33H30Cl2F3N5O4S2/c34-23-9-12-28(27(35)18-23)43-31(29-13-11-25(48-29)10-6-21-4-7-22(8-5-21)33(36,37)38)26(20-49(46,47)42-17-14-24(44)19-42)30(39-43)32(45)40-41-15-2-1-3-16-41/h4-5,7-9,11-13,18,24,44H,1-3,14-17,19-20H2,(H,40,45). The molecule has 258 valence electrons. The Balaban J connectivity index is 1.46. The van der Waals surface area contributed by atoms with Crippen molar-refractivity contribution in [3.05, 3.63) is 91.9 Å². The smallest absolute Gasteiger partial charge is 0.392 e. The quantitative estimate of drug-likeness (QED) is 0.213. The van der Waals surface area contributed by atoms with Gasteiger partial charge in [-0.05, 0) is 73.9 Å². The van der Waals surface area contributed by atoms with Crippen LogP contribution < -0.4 is 5.43 Å². The summed E-state index contributed by atoms with van der Waals surface area (Å²) in [6, 6.07) is 12.6. The van der Waals surface area contributed by atoms with Crippen LogP contribution in [0.5, 0.6) is 0 Å². The van der Waals surface area contributed by atoms with Crippen molar-refractivity contribution in [2.45, 2.75) is 43.7 Å². The second kappa shape index (κ2) is 14.4. The Hall–Kier alpha value is -3.42. The van der Waals surface area contributed by atoms with Crippen LogP contribution in [0.2, 0.25) is 10.0 Å². The van der Waals surface area contributed by atoms with Crippen LogP contribution in [-0.4, -0.2) is 70.8 Å². The van der Waals surface area contributed by atoms with Crippen molar-refractivity contribution in [1.82, 2.24) is 24.5 Å². The lowest BCUT2D eigenvalue weighted by Gasteiger charge is -2.26. The summed E-state index contributed by atoms with van der Waals surface area (Å²) in [5.41, 5.74) is 3.14. The molecule has 0 radical (unpaired) electrons. The summed E-state index contributed by atoms with van der Waals surface area (Å²) in [4.78, 5) is 14.9.